The van der Waals surface area contributed by atoms with Crippen LogP contribution in [0.2, 0.25) is 0 Å². The average Bonchev–Trinajstić information content (AvgIpc) is 3.50. The molecule has 2 amide bonds. The van der Waals surface area contributed by atoms with Gasteiger partial charge in [-0.3, -0.25) is 9.59 Å². The molecule has 3 fully saturated rings. The first-order chi connectivity index (χ1) is 18.4. The quantitative estimate of drug-likeness (QED) is 0.409. The Morgan fingerprint density at radius 3 is 2.37 bits per heavy atom. The van der Waals surface area contributed by atoms with Gasteiger partial charge in [0.1, 0.15) is 0 Å². The molecule has 38 heavy (non-hydrogen) atoms. The third-order valence-corrected chi connectivity index (χ3v) is 10.0. The van der Waals surface area contributed by atoms with Crippen LogP contribution >= 0.6 is 15.9 Å². The van der Waals surface area contributed by atoms with E-state index in [4.69, 9.17) is 0 Å². The monoisotopic (exact) mass is 579 g/mol. The van der Waals surface area contributed by atoms with Gasteiger partial charge in [-0.2, -0.15) is 0 Å². The second-order valence-corrected chi connectivity index (χ2v) is 12.7. The summed E-state index contributed by atoms with van der Waals surface area (Å²) in [5.74, 6) is 1.57. The van der Waals surface area contributed by atoms with Crippen molar-refractivity contribution in [2.45, 2.75) is 51.9 Å². The van der Waals surface area contributed by atoms with E-state index < -0.39 is 0 Å². The van der Waals surface area contributed by atoms with Crippen molar-refractivity contribution in [3.05, 3.63) is 70.2 Å². The van der Waals surface area contributed by atoms with E-state index in [1.165, 1.54) is 11.1 Å². The fourth-order valence-corrected chi connectivity index (χ4v) is 7.05. The predicted molar refractivity (Wildman–Crippen MR) is 156 cm³/mol. The van der Waals surface area contributed by atoms with E-state index in [2.05, 4.69) is 99.1 Å². The third kappa shape index (κ3) is 5.86. The van der Waals surface area contributed by atoms with Crippen LogP contribution in [0.25, 0.3) is 0 Å². The highest BCUT2D eigenvalue weighted by Crippen LogP contribution is 2.42. The van der Waals surface area contributed by atoms with Crippen molar-refractivity contribution in [3.8, 4) is 0 Å². The predicted octanol–water partition coefficient (Wildman–Crippen LogP) is 5.59. The molecule has 204 valence electrons. The zero-order valence-electron chi connectivity index (χ0n) is 22.9. The van der Waals surface area contributed by atoms with Crippen molar-refractivity contribution in [2.24, 2.45) is 17.3 Å². The summed E-state index contributed by atoms with van der Waals surface area (Å²) in [6, 6.07) is 19.2. The van der Waals surface area contributed by atoms with Gasteiger partial charge in [-0.05, 0) is 74.4 Å². The molecular weight excluding hydrogens is 538 g/mol. The molecule has 0 bridgehead atoms. The first-order valence-electron chi connectivity index (χ1n) is 14.5. The summed E-state index contributed by atoms with van der Waals surface area (Å²) in [5.41, 5.74) is 2.46. The van der Waals surface area contributed by atoms with Crippen LogP contribution in [0.1, 0.15) is 56.6 Å². The molecule has 3 saturated heterocycles. The maximum atomic E-state index is 13.5. The number of benzene rings is 2. The standard InChI is InChI=1S/C32H42BrN3O2/c1-3-24(2)30(37)36-22-27(29(23-36)26-7-5-4-6-8-26)21-34-18-14-32(15-19-34)16-20-35(31(32)38)17-13-25-9-11-28(33)12-10-25/h4-12,24,27,29H,3,13-23H2,1-2H3/t24?,27-,29+/m0/s1. The Hall–Kier alpha value is -2.18. The van der Waals surface area contributed by atoms with E-state index >= 15 is 0 Å². The first-order valence-corrected chi connectivity index (χ1v) is 15.3. The lowest BCUT2D eigenvalue weighted by Crippen LogP contribution is -2.46. The molecule has 0 aromatic heterocycles. The van der Waals surface area contributed by atoms with E-state index in [0.29, 0.717) is 23.7 Å². The Morgan fingerprint density at radius 2 is 1.68 bits per heavy atom. The molecule has 0 saturated carbocycles. The number of halogens is 1. The van der Waals surface area contributed by atoms with Gasteiger partial charge < -0.3 is 14.7 Å². The molecule has 5 nitrogen and oxygen atoms in total. The van der Waals surface area contributed by atoms with Gasteiger partial charge in [-0.25, -0.2) is 0 Å². The Morgan fingerprint density at radius 1 is 1.00 bits per heavy atom. The summed E-state index contributed by atoms with van der Waals surface area (Å²) in [6.07, 6.45) is 4.71. The van der Waals surface area contributed by atoms with Crippen LogP contribution in [-0.2, 0) is 16.0 Å². The second kappa shape index (κ2) is 11.9. The summed E-state index contributed by atoms with van der Waals surface area (Å²) in [6.45, 7) is 10.5. The molecule has 6 heteroatoms. The summed E-state index contributed by atoms with van der Waals surface area (Å²) in [7, 11) is 0. The lowest BCUT2D eigenvalue weighted by atomic mass is 9.76. The van der Waals surface area contributed by atoms with Gasteiger partial charge in [0, 0.05) is 49.0 Å². The van der Waals surface area contributed by atoms with Gasteiger partial charge in [0.05, 0.1) is 5.41 Å². The fourth-order valence-electron chi connectivity index (χ4n) is 6.78. The third-order valence-electron chi connectivity index (χ3n) is 9.51. The molecule has 0 radical (unpaired) electrons. The molecule has 2 aromatic rings. The van der Waals surface area contributed by atoms with E-state index in [1.54, 1.807) is 0 Å². The highest BCUT2D eigenvalue weighted by atomic mass is 79.9. The summed E-state index contributed by atoms with van der Waals surface area (Å²) < 4.78 is 1.09. The van der Waals surface area contributed by atoms with Crippen LogP contribution in [-0.4, -0.2) is 72.3 Å². The lowest BCUT2D eigenvalue weighted by molar-refractivity contribution is -0.138. The second-order valence-electron chi connectivity index (χ2n) is 11.8. The van der Waals surface area contributed by atoms with Crippen molar-refractivity contribution in [2.75, 3.05) is 45.8 Å². The van der Waals surface area contributed by atoms with Crippen LogP contribution in [0, 0.1) is 17.3 Å². The van der Waals surface area contributed by atoms with E-state index in [0.717, 1.165) is 82.4 Å². The highest BCUT2D eigenvalue weighted by Gasteiger charge is 2.48. The van der Waals surface area contributed by atoms with Gasteiger partial charge in [-0.15, -0.1) is 0 Å². The van der Waals surface area contributed by atoms with E-state index in [1.807, 2.05) is 0 Å². The number of likely N-dealkylation sites (tertiary alicyclic amines) is 3. The van der Waals surface area contributed by atoms with Crippen LogP contribution in [0.5, 0.6) is 0 Å². The maximum Gasteiger partial charge on any atom is 0.228 e. The van der Waals surface area contributed by atoms with E-state index in [-0.39, 0.29) is 11.3 Å². The van der Waals surface area contributed by atoms with Crippen molar-refractivity contribution in [3.63, 3.8) is 0 Å². The number of piperidine rings is 1. The minimum atomic E-state index is -0.163. The van der Waals surface area contributed by atoms with Crippen LogP contribution < -0.4 is 0 Å². The zero-order chi connectivity index (χ0) is 26.7. The van der Waals surface area contributed by atoms with Crippen LogP contribution in [0.15, 0.2) is 59.1 Å². The minimum Gasteiger partial charge on any atom is -0.342 e. The van der Waals surface area contributed by atoms with Crippen molar-refractivity contribution < 1.29 is 9.59 Å². The number of hydrogen-bond donors (Lipinski definition) is 0. The topological polar surface area (TPSA) is 43.9 Å². The largest absolute Gasteiger partial charge is 0.342 e. The number of carbonyl (C=O) groups is 2. The number of rotatable bonds is 8. The SMILES string of the molecule is CCC(C)C(=O)N1C[C@H](CN2CCC3(CC2)CCN(CCc2ccc(Br)cc2)C3=O)[C@@H](c2ccccc2)C1. The van der Waals surface area contributed by atoms with Gasteiger partial charge in [0.15, 0.2) is 0 Å². The Balaban J connectivity index is 1.18. The molecule has 1 unspecified atom stereocenters. The molecule has 1 spiro atoms. The molecule has 2 aromatic carbocycles. The molecule has 0 aliphatic carbocycles. The number of carbonyl (C=O) groups excluding carboxylic acids is 2. The normalized spacial score (nSPS) is 24.3. The Kier molecular flexibility index (Phi) is 8.59. The lowest BCUT2D eigenvalue weighted by Gasteiger charge is -2.39. The fraction of sp³-hybridized carbons (Fsp3) is 0.562. The van der Waals surface area contributed by atoms with Gasteiger partial charge in [-0.1, -0.05) is 72.2 Å². The highest BCUT2D eigenvalue weighted by molar-refractivity contribution is 9.10. The van der Waals surface area contributed by atoms with Crippen molar-refractivity contribution >= 4 is 27.7 Å². The molecule has 3 atom stereocenters. The minimum absolute atomic E-state index is 0.0834. The zero-order valence-corrected chi connectivity index (χ0v) is 24.5. The summed E-state index contributed by atoms with van der Waals surface area (Å²) in [5, 5.41) is 0. The molecule has 3 aliphatic heterocycles. The van der Waals surface area contributed by atoms with Crippen LogP contribution in [0.4, 0.5) is 0 Å². The van der Waals surface area contributed by atoms with E-state index in [9.17, 15) is 9.59 Å². The summed E-state index contributed by atoms with van der Waals surface area (Å²) in [4.78, 5) is 33.4. The smallest absolute Gasteiger partial charge is 0.228 e. The number of hydrogen-bond acceptors (Lipinski definition) is 3. The van der Waals surface area contributed by atoms with Gasteiger partial charge in [0.25, 0.3) is 0 Å². The molecule has 3 aliphatic rings. The van der Waals surface area contributed by atoms with Crippen molar-refractivity contribution in [1.82, 2.24) is 14.7 Å². The number of nitrogens with zero attached hydrogens (tertiary/aromatic N) is 3. The maximum absolute atomic E-state index is 13.5. The van der Waals surface area contributed by atoms with Crippen molar-refractivity contribution in [1.29, 1.82) is 0 Å². The Labute approximate surface area is 236 Å². The average molecular weight is 581 g/mol. The first kappa shape index (κ1) is 27.4. The van der Waals surface area contributed by atoms with Crippen LogP contribution in [0.3, 0.4) is 0 Å². The molecular formula is C32H42BrN3O2. The molecule has 0 N–H and O–H groups in total. The summed E-state index contributed by atoms with van der Waals surface area (Å²) >= 11 is 3.50. The molecule has 3 heterocycles. The molecule has 5 rings (SSSR count). The van der Waals surface area contributed by atoms with Gasteiger partial charge >= 0.3 is 0 Å². The number of amides is 2. The Bertz CT molecular complexity index is 1100. The van der Waals surface area contributed by atoms with Gasteiger partial charge in [0.2, 0.25) is 11.8 Å².